The Morgan fingerprint density at radius 1 is 1.83 bits per heavy atom. The molecule has 0 bridgehead atoms. The molecule has 0 radical (unpaired) electrons. The molecule has 0 amide bonds. The van der Waals surface area contributed by atoms with Crippen LogP contribution in [0.3, 0.4) is 0 Å². The smallest absolute Gasteiger partial charge is 0.307 e. The topological polar surface area (TPSA) is 46.5 Å². The maximum atomic E-state index is 10.9. The molecule has 0 aromatic rings. The average molecular weight is 190 g/mol. The van der Waals surface area contributed by atoms with Gasteiger partial charge in [0, 0.05) is 0 Å². The molecule has 0 aromatic heterocycles. The van der Waals surface area contributed by atoms with Crippen molar-refractivity contribution in [1.29, 1.82) is 0 Å². The van der Waals surface area contributed by atoms with E-state index in [1.54, 1.807) is 18.7 Å². The highest BCUT2D eigenvalue weighted by Crippen LogP contribution is 2.28. The van der Waals surface area contributed by atoms with Crippen LogP contribution in [0.2, 0.25) is 0 Å². The van der Waals surface area contributed by atoms with Crippen LogP contribution >= 0.6 is 11.8 Å². The molecule has 12 heavy (non-hydrogen) atoms. The van der Waals surface area contributed by atoms with Crippen LogP contribution in [-0.2, 0) is 9.53 Å². The maximum absolute atomic E-state index is 10.9. The van der Waals surface area contributed by atoms with Crippen LogP contribution in [0.1, 0.15) is 20.3 Å². The summed E-state index contributed by atoms with van der Waals surface area (Å²) in [7, 11) is 0. The summed E-state index contributed by atoms with van der Waals surface area (Å²) >= 11 is 1.67. The lowest BCUT2D eigenvalue weighted by Gasteiger charge is -2.18. The van der Waals surface area contributed by atoms with Gasteiger partial charge in [-0.15, -0.1) is 0 Å². The number of aliphatic hydroxyl groups excluding tert-OH is 1. The summed E-state index contributed by atoms with van der Waals surface area (Å²) < 4.78 is 4.98. The third kappa shape index (κ3) is 2.14. The largest absolute Gasteiger partial charge is 0.458 e. The summed E-state index contributed by atoms with van der Waals surface area (Å²) in [6, 6.07) is 0. The molecule has 0 unspecified atom stereocenters. The van der Waals surface area contributed by atoms with E-state index in [1.807, 2.05) is 6.92 Å². The van der Waals surface area contributed by atoms with Crippen molar-refractivity contribution >= 4 is 17.7 Å². The fourth-order valence-corrected chi connectivity index (χ4v) is 2.49. The zero-order chi connectivity index (χ0) is 9.14. The van der Waals surface area contributed by atoms with Gasteiger partial charge in [0.25, 0.3) is 0 Å². The molecule has 0 aromatic carbocycles. The standard InChI is InChI=1S/C8H14O3S/c1-3-12-6-4-7(10)11-8(6)5(2)9/h5-6,8-9H,3-4H2,1-2H3/t5-,6+,8-/m1/s1. The lowest BCUT2D eigenvalue weighted by Crippen LogP contribution is -2.30. The van der Waals surface area contributed by atoms with Crippen LogP contribution in [0.5, 0.6) is 0 Å². The van der Waals surface area contributed by atoms with E-state index in [4.69, 9.17) is 4.74 Å². The number of aliphatic hydroxyl groups is 1. The number of carbonyl (C=O) groups is 1. The molecule has 0 aliphatic carbocycles. The van der Waals surface area contributed by atoms with Crippen LogP contribution in [-0.4, -0.2) is 34.3 Å². The molecule has 1 aliphatic heterocycles. The minimum absolute atomic E-state index is 0.141. The van der Waals surface area contributed by atoms with Gasteiger partial charge in [-0.1, -0.05) is 6.92 Å². The Balaban J connectivity index is 2.53. The molecule has 3 nitrogen and oxygen atoms in total. The number of cyclic esters (lactones) is 1. The van der Waals surface area contributed by atoms with Crippen molar-refractivity contribution in [2.24, 2.45) is 0 Å². The first-order valence-corrected chi connectivity index (χ1v) is 5.19. The van der Waals surface area contributed by atoms with E-state index in [0.717, 1.165) is 5.75 Å². The molecular formula is C8H14O3S. The lowest BCUT2D eigenvalue weighted by atomic mass is 10.1. The Morgan fingerprint density at radius 2 is 2.50 bits per heavy atom. The fraction of sp³-hybridized carbons (Fsp3) is 0.875. The summed E-state index contributed by atoms with van der Waals surface area (Å²) in [5, 5.41) is 9.42. The van der Waals surface area contributed by atoms with Gasteiger partial charge in [0.2, 0.25) is 0 Å². The monoisotopic (exact) mass is 190 g/mol. The average Bonchev–Trinajstić information content (AvgIpc) is 2.32. The Kier molecular flexibility index (Phi) is 3.40. The summed E-state index contributed by atoms with van der Waals surface area (Å²) in [5.41, 5.74) is 0. The maximum Gasteiger partial charge on any atom is 0.307 e. The zero-order valence-corrected chi connectivity index (χ0v) is 8.13. The number of esters is 1. The zero-order valence-electron chi connectivity index (χ0n) is 7.32. The normalized spacial score (nSPS) is 31.8. The fourth-order valence-electron chi connectivity index (χ4n) is 1.33. The van der Waals surface area contributed by atoms with Gasteiger partial charge in [-0.25, -0.2) is 0 Å². The van der Waals surface area contributed by atoms with Gasteiger partial charge in [-0.2, -0.15) is 11.8 Å². The number of hydrogen-bond acceptors (Lipinski definition) is 4. The predicted molar refractivity (Wildman–Crippen MR) is 48.1 cm³/mol. The van der Waals surface area contributed by atoms with Crippen LogP contribution < -0.4 is 0 Å². The minimum atomic E-state index is -0.555. The molecule has 1 N–H and O–H groups in total. The van der Waals surface area contributed by atoms with Gasteiger partial charge in [-0.3, -0.25) is 4.79 Å². The van der Waals surface area contributed by atoms with Gasteiger partial charge in [-0.05, 0) is 12.7 Å². The quantitative estimate of drug-likeness (QED) is 0.669. The third-order valence-electron chi connectivity index (χ3n) is 1.86. The number of hydrogen-bond donors (Lipinski definition) is 1. The number of carbonyl (C=O) groups excluding carboxylic acids is 1. The molecular weight excluding hydrogens is 176 g/mol. The van der Waals surface area contributed by atoms with Crippen molar-refractivity contribution in [3.63, 3.8) is 0 Å². The van der Waals surface area contributed by atoms with Gasteiger partial charge in [0.15, 0.2) is 0 Å². The highest BCUT2D eigenvalue weighted by Gasteiger charge is 2.37. The lowest BCUT2D eigenvalue weighted by molar-refractivity contribution is -0.144. The van der Waals surface area contributed by atoms with Crippen molar-refractivity contribution in [2.45, 2.75) is 37.7 Å². The molecule has 0 spiro atoms. The van der Waals surface area contributed by atoms with Crippen LogP contribution in [0, 0.1) is 0 Å². The summed E-state index contributed by atoms with van der Waals surface area (Å²) in [6.45, 7) is 3.69. The first kappa shape index (κ1) is 9.86. The highest BCUT2D eigenvalue weighted by atomic mass is 32.2. The molecule has 0 saturated carbocycles. The first-order valence-electron chi connectivity index (χ1n) is 4.14. The number of rotatable bonds is 3. The SMILES string of the molecule is CCS[C@H]1CC(=O)O[C@@H]1[C@@H](C)O. The van der Waals surface area contributed by atoms with Crippen molar-refractivity contribution in [3.8, 4) is 0 Å². The molecule has 1 heterocycles. The van der Waals surface area contributed by atoms with E-state index in [1.165, 1.54) is 0 Å². The van der Waals surface area contributed by atoms with Crippen molar-refractivity contribution < 1.29 is 14.6 Å². The van der Waals surface area contributed by atoms with Gasteiger partial charge in [0.05, 0.1) is 17.8 Å². The highest BCUT2D eigenvalue weighted by molar-refractivity contribution is 7.99. The van der Waals surface area contributed by atoms with E-state index in [9.17, 15) is 9.90 Å². The van der Waals surface area contributed by atoms with Crippen molar-refractivity contribution in [3.05, 3.63) is 0 Å². The molecule has 4 heteroatoms. The van der Waals surface area contributed by atoms with Gasteiger partial charge < -0.3 is 9.84 Å². The second-order valence-electron chi connectivity index (χ2n) is 2.89. The Hall–Kier alpha value is -0.220. The Labute approximate surface area is 76.5 Å². The predicted octanol–water partition coefficient (Wildman–Crippen LogP) is 0.804. The van der Waals surface area contributed by atoms with Crippen LogP contribution in [0.4, 0.5) is 0 Å². The Morgan fingerprint density at radius 3 is 3.00 bits per heavy atom. The third-order valence-corrected chi connectivity index (χ3v) is 3.05. The second-order valence-corrected chi connectivity index (χ2v) is 4.41. The number of ether oxygens (including phenoxy) is 1. The summed E-state index contributed by atoms with van der Waals surface area (Å²) in [4.78, 5) is 10.9. The van der Waals surface area contributed by atoms with Crippen LogP contribution in [0.15, 0.2) is 0 Å². The second kappa shape index (κ2) is 4.14. The van der Waals surface area contributed by atoms with E-state index < -0.39 is 6.10 Å². The molecule has 1 rings (SSSR count). The van der Waals surface area contributed by atoms with E-state index in [-0.39, 0.29) is 17.3 Å². The van der Waals surface area contributed by atoms with Crippen molar-refractivity contribution in [1.82, 2.24) is 0 Å². The molecule has 1 aliphatic rings. The van der Waals surface area contributed by atoms with E-state index >= 15 is 0 Å². The first-order chi connectivity index (χ1) is 5.65. The molecule has 70 valence electrons. The molecule has 1 fully saturated rings. The minimum Gasteiger partial charge on any atom is -0.458 e. The summed E-state index contributed by atoms with van der Waals surface area (Å²) in [6.07, 6.45) is -0.420. The van der Waals surface area contributed by atoms with Crippen molar-refractivity contribution in [2.75, 3.05) is 5.75 Å². The number of thioether (sulfide) groups is 1. The van der Waals surface area contributed by atoms with E-state index in [2.05, 4.69) is 0 Å². The molecule has 1 saturated heterocycles. The van der Waals surface area contributed by atoms with Gasteiger partial charge >= 0.3 is 5.97 Å². The van der Waals surface area contributed by atoms with E-state index in [0.29, 0.717) is 6.42 Å². The van der Waals surface area contributed by atoms with Crippen LogP contribution in [0.25, 0.3) is 0 Å². The molecule has 3 atom stereocenters. The van der Waals surface area contributed by atoms with Gasteiger partial charge in [0.1, 0.15) is 6.10 Å². The Bertz CT molecular complexity index is 170. The summed E-state index contributed by atoms with van der Waals surface area (Å²) in [5.74, 6) is 0.761.